The number of aromatic nitrogens is 1. The summed E-state index contributed by atoms with van der Waals surface area (Å²) in [6.45, 7) is 0.532. The quantitative estimate of drug-likeness (QED) is 0.730. The lowest BCUT2D eigenvalue weighted by Gasteiger charge is -2.08. The van der Waals surface area contributed by atoms with E-state index in [4.69, 9.17) is 4.74 Å². The Bertz CT molecular complexity index is 479. The van der Waals surface area contributed by atoms with Gasteiger partial charge in [-0.3, -0.25) is 0 Å². The smallest absolute Gasteiger partial charge is 0.142 e. The maximum Gasteiger partial charge on any atom is 0.142 e. The number of fused-ring (bicyclic) bond motifs is 1. The average Bonchev–Trinajstić information content (AvgIpc) is 2.72. The lowest BCUT2D eigenvalue weighted by atomic mass is 10.1. The van der Waals surface area contributed by atoms with Gasteiger partial charge in [0.2, 0.25) is 0 Å². The average molecular weight is 220 g/mol. The normalized spacial score (nSPS) is 12.9. The number of methoxy groups -OCH3 is 1. The summed E-state index contributed by atoms with van der Waals surface area (Å²) >= 11 is 0. The number of nitrogens with one attached hydrogen (secondary N) is 2. The Hall–Kier alpha value is -1.52. The molecule has 1 aromatic carbocycles. The van der Waals surface area contributed by atoms with Crippen molar-refractivity contribution < 1.29 is 9.84 Å². The molecular weight excluding hydrogens is 204 g/mol. The van der Waals surface area contributed by atoms with Crippen LogP contribution in [0.3, 0.4) is 0 Å². The summed E-state index contributed by atoms with van der Waals surface area (Å²) in [6, 6.07) is 5.79. The monoisotopic (exact) mass is 220 g/mol. The predicted molar refractivity (Wildman–Crippen MR) is 63.7 cm³/mol. The van der Waals surface area contributed by atoms with E-state index in [0.29, 0.717) is 6.54 Å². The first-order valence-corrected chi connectivity index (χ1v) is 5.24. The van der Waals surface area contributed by atoms with E-state index in [9.17, 15) is 5.11 Å². The Morgan fingerprint density at radius 1 is 1.50 bits per heavy atom. The van der Waals surface area contributed by atoms with Gasteiger partial charge >= 0.3 is 0 Å². The van der Waals surface area contributed by atoms with Gasteiger partial charge in [-0.15, -0.1) is 0 Å². The first-order chi connectivity index (χ1) is 7.77. The number of aliphatic hydroxyl groups excluding tert-OH is 1. The molecule has 16 heavy (non-hydrogen) atoms. The van der Waals surface area contributed by atoms with Crippen LogP contribution in [0.5, 0.6) is 5.75 Å². The van der Waals surface area contributed by atoms with E-state index in [2.05, 4.69) is 10.3 Å². The molecular formula is C12H16N2O2. The van der Waals surface area contributed by atoms with Gasteiger partial charge < -0.3 is 20.1 Å². The summed E-state index contributed by atoms with van der Waals surface area (Å²) in [5.41, 5.74) is 1.82. The molecule has 0 radical (unpaired) electrons. The van der Waals surface area contributed by atoms with Crippen LogP contribution in [0, 0.1) is 0 Å². The number of benzene rings is 1. The molecule has 0 fully saturated rings. The van der Waals surface area contributed by atoms with Crippen LogP contribution in [0.25, 0.3) is 10.9 Å². The van der Waals surface area contributed by atoms with Crippen LogP contribution in [-0.2, 0) is 0 Å². The maximum atomic E-state index is 9.95. The minimum absolute atomic E-state index is 0.508. The van der Waals surface area contributed by atoms with E-state index in [-0.39, 0.29) is 0 Å². The lowest BCUT2D eigenvalue weighted by molar-refractivity contribution is 0.179. The second-order valence-corrected chi connectivity index (χ2v) is 3.70. The molecule has 4 nitrogen and oxygen atoms in total. The van der Waals surface area contributed by atoms with Crippen LogP contribution >= 0.6 is 0 Å². The molecule has 1 aromatic heterocycles. The molecule has 0 spiro atoms. The number of aromatic amines is 1. The third kappa shape index (κ3) is 1.77. The van der Waals surface area contributed by atoms with Gasteiger partial charge in [0, 0.05) is 23.7 Å². The highest BCUT2D eigenvalue weighted by molar-refractivity contribution is 5.88. The lowest BCUT2D eigenvalue weighted by Crippen LogP contribution is -2.16. The van der Waals surface area contributed by atoms with Crippen LogP contribution in [0.4, 0.5) is 0 Å². The summed E-state index contributed by atoms with van der Waals surface area (Å²) in [6.07, 6.45) is 1.32. The molecule has 3 N–H and O–H groups in total. The van der Waals surface area contributed by atoms with Gasteiger partial charge in [0.15, 0.2) is 0 Å². The summed E-state index contributed by atoms with van der Waals surface area (Å²) in [4.78, 5) is 3.13. The molecule has 0 aliphatic heterocycles. The van der Waals surface area contributed by atoms with Crippen LogP contribution < -0.4 is 10.1 Å². The molecule has 1 heterocycles. The van der Waals surface area contributed by atoms with E-state index < -0.39 is 6.10 Å². The van der Waals surface area contributed by atoms with Crippen molar-refractivity contribution in [1.82, 2.24) is 10.3 Å². The number of hydrogen-bond acceptors (Lipinski definition) is 3. The number of para-hydroxylation sites is 1. The molecule has 1 atom stereocenters. The molecule has 0 amide bonds. The van der Waals surface area contributed by atoms with Crippen LogP contribution in [0.15, 0.2) is 24.4 Å². The molecule has 2 rings (SSSR count). The number of likely N-dealkylation sites (N-methyl/N-ethyl adjacent to an activating group) is 1. The number of ether oxygens (including phenoxy) is 1. The van der Waals surface area contributed by atoms with Crippen molar-refractivity contribution in [2.75, 3.05) is 20.7 Å². The highest BCUT2D eigenvalue weighted by Gasteiger charge is 2.13. The van der Waals surface area contributed by atoms with Crippen LogP contribution in [-0.4, -0.2) is 30.8 Å². The summed E-state index contributed by atoms with van der Waals surface area (Å²) in [5.74, 6) is 0.792. The van der Waals surface area contributed by atoms with E-state index in [1.165, 1.54) is 0 Å². The predicted octanol–water partition coefficient (Wildman–Crippen LogP) is 1.43. The second-order valence-electron chi connectivity index (χ2n) is 3.70. The van der Waals surface area contributed by atoms with E-state index in [1.807, 2.05) is 31.4 Å². The Kier molecular flexibility index (Phi) is 3.12. The van der Waals surface area contributed by atoms with Crippen molar-refractivity contribution in [1.29, 1.82) is 0 Å². The molecule has 0 unspecified atom stereocenters. The first kappa shape index (κ1) is 11.0. The highest BCUT2D eigenvalue weighted by Crippen LogP contribution is 2.29. The van der Waals surface area contributed by atoms with Gasteiger partial charge in [0.1, 0.15) is 5.75 Å². The minimum atomic E-state index is -0.508. The minimum Gasteiger partial charge on any atom is -0.495 e. The van der Waals surface area contributed by atoms with Gasteiger partial charge in [-0.1, -0.05) is 12.1 Å². The zero-order valence-electron chi connectivity index (χ0n) is 9.45. The molecule has 0 aliphatic carbocycles. The molecule has 2 aromatic rings. The first-order valence-electron chi connectivity index (χ1n) is 5.24. The fraction of sp³-hybridized carbons (Fsp3) is 0.333. The topological polar surface area (TPSA) is 57.3 Å². The van der Waals surface area contributed by atoms with E-state index in [1.54, 1.807) is 7.11 Å². The van der Waals surface area contributed by atoms with E-state index >= 15 is 0 Å². The molecule has 0 saturated carbocycles. The molecule has 86 valence electrons. The van der Waals surface area contributed by atoms with Crippen molar-refractivity contribution in [2.45, 2.75) is 6.10 Å². The third-order valence-corrected chi connectivity index (χ3v) is 2.69. The Morgan fingerprint density at radius 2 is 2.31 bits per heavy atom. The summed E-state index contributed by atoms with van der Waals surface area (Å²) in [7, 11) is 3.46. The van der Waals surface area contributed by atoms with Gasteiger partial charge in [0.25, 0.3) is 0 Å². The second kappa shape index (κ2) is 4.55. The zero-order chi connectivity index (χ0) is 11.5. The summed E-state index contributed by atoms with van der Waals surface area (Å²) in [5, 5.41) is 13.9. The SMILES string of the molecule is CNC[C@H](O)c1c[nH]c2c(OC)cccc12. The van der Waals surface area contributed by atoms with Crippen LogP contribution in [0.2, 0.25) is 0 Å². The van der Waals surface area contributed by atoms with Gasteiger partial charge in [0.05, 0.1) is 18.7 Å². The van der Waals surface area contributed by atoms with Gasteiger partial charge in [-0.25, -0.2) is 0 Å². The molecule has 0 saturated heterocycles. The number of aliphatic hydroxyl groups is 1. The Balaban J connectivity index is 2.48. The Morgan fingerprint density at radius 3 is 3.00 bits per heavy atom. The highest BCUT2D eigenvalue weighted by atomic mass is 16.5. The fourth-order valence-electron chi connectivity index (χ4n) is 1.90. The molecule has 4 heteroatoms. The van der Waals surface area contributed by atoms with Crippen molar-refractivity contribution in [3.05, 3.63) is 30.0 Å². The maximum absolute atomic E-state index is 9.95. The largest absolute Gasteiger partial charge is 0.495 e. The van der Waals surface area contributed by atoms with Crippen molar-refractivity contribution in [3.63, 3.8) is 0 Å². The fourth-order valence-corrected chi connectivity index (χ4v) is 1.90. The van der Waals surface area contributed by atoms with E-state index in [0.717, 1.165) is 22.2 Å². The molecule has 0 aliphatic rings. The summed E-state index contributed by atoms with van der Waals surface area (Å²) < 4.78 is 5.25. The van der Waals surface area contributed by atoms with Crippen molar-refractivity contribution in [2.24, 2.45) is 0 Å². The van der Waals surface area contributed by atoms with Crippen molar-refractivity contribution >= 4 is 10.9 Å². The number of hydrogen-bond donors (Lipinski definition) is 3. The van der Waals surface area contributed by atoms with Gasteiger partial charge in [-0.05, 0) is 13.1 Å². The van der Waals surface area contributed by atoms with Gasteiger partial charge in [-0.2, -0.15) is 0 Å². The number of rotatable bonds is 4. The third-order valence-electron chi connectivity index (χ3n) is 2.69. The zero-order valence-corrected chi connectivity index (χ0v) is 9.45. The van der Waals surface area contributed by atoms with Crippen LogP contribution in [0.1, 0.15) is 11.7 Å². The van der Waals surface area contributed by atoms with Crippen molar-refractivity contribution in [3.8, 4) is 5.75 Å². The number of H-pyrrole nitrogens is 1. The molecule has 0 bridgehead atoms. The Labute approximate surface area is 94.2 Å². The standard InChI is InChI=1S/C12H16N2O2/c1-13-7-10(15)9-6-14-12-8(9)4-3-5-11(12)16-2/h3-6,10,13-15H,7H2,1-2H3/t10-/m0/s1.